The number of amides is 1. The molecule has 0 aliphatic heterocycles. The molecular weight excluding hydrogens is 474 g/mol. The fourth-order valence-corrected chi connectivity index (χ4v) is 5.76. The minimum Gasteiger partial charge on any atom is -0.424 e. The van der Waals surface area contributed by atoms with Crippen LogP contribution in [0.3, 0.4) is 0 Å². The van der Waals surface area contributed by atoms with Crippen LogP contribution in [0.5, 0.6) is 0 Å². The number of rotatable bonds is 8. The molecule has 6 rings (SSSR count). The van der Waals surface area contributed by atoms with Crippen LogP contribution in [-0.2, 0) is 11.2 Å². The summed E-state index contributed by atoms with van der Waals surface area (Å²) in [7, 11) is 0. The fourth-order valence-electron chi connectivity index (χ4n) is 5.76. The van der Waals surface area contributed by atoms with E-state index in [1.165, 1.54) is 19.3 Å². The monoisotopic (exact) mass is 507 g/mol. The van der Waals surface area contributed by atoms with Gasteiger partial charge in [0, 0.05) is 29.7 Å². The third-order valence-electron chi connectivity index (χ3n) is 7.81. The first-order valence-electron chi connectivity index (χ1n) is 13.5. The Morgan fingerprint density at radius 3 is 2.66 bits per heavy atom. The van der Waals surface area contributed by atoms with E-state index in [0.29, 0.717) is 23.9 Å². The van der Waals surface area contributed by atoms with E-state index in [4.69, 9.17) is 4.42 Å². The summed E-state index contributed by atoms with van der Waals surface area (Å²) in [5.41, 5.74) is 3.39. The molecule has 3 N–H and O–H groups in total. The number of hydrogen-bond acceptors (Lipinski definition) is 5. The number of nitrogens with one attached hydrogen (secondary N) is 3. The van der Waals surface area contributed by atoms with Crippen LogP contribution in [0.1, 0.15) is 56.3 Å². The van der Waals surface area contributed by atoms with Gasteiger partial charge in [-0.3, -0.25) is 9.78 Å². The normalized spacial score (nSPS) is 16.8. The lowest BCUT2D eigenvalue weighted by Crippen LogP contribution is -2.53. The van der Waals surface area contributed by atoms with E-state index in [1.54, 1.807) is 6.20 Å². The van der Waals surface area contributed by atoms with Crippen LogP contribution in [0.2, 0.25) is 0 Å². The first-order valence-corrected chi connectivity index (χ1v) is 13.5. The number of oxazole rings is 1. The average molecular weight is 508 g/mol. The van der Waals surface area contributed by atoms with E-state index >= 15 is 0 Å². The zero-order valence-corrected chi connectivity index (χ0v) is 21.6. The summed E-state index contributed by atoms with van der Waals surface area (Å²) >= 11 is 0. The highest BCUT2D eigenvalue weighted by molar-refractivity contribution is 5.91. The molecule has 1 aliphatic rings. The van der Waals surface area contributed by atoms with E-state index in [-0.39, 0.29) is 11.9 Å². The van der Waals surface area contributed by atoms with Gasteiger partial charge in [0.15, 0.2) is 5.58 Å². The number of nitrogens with zero attached hydrogens (tertiary/aromatic N) is 2. The molecule has 0 saturated heterocycles. The van der Waals surface area contributed by atoms with Gasteiger partial charge in [-0.25, -0.2) is 0 Å². The van der Waals surface area contributed by atoms with E-state index in [9.17, 15) is 4.79 Å². The summed E-state index contributed by atoms with van der Waals surface area (Å²) in [5.74, 6) is 0.246. The van der Waals surface area contributed by atoms with Gasteiger partial charge in [0.05, 0.1) is 11.7 Å². The largest absolute Gasteiger partial charge is 0.424 e. The number of fused-ring (bicyclic) bond motifs is 2. The standard InChI is InChI=1S/C31H33N5O2/c1-31(19-22-20-33-24-14-6-5-13-23(22)24,36-30-34-25-15-7-8-17-27(25)38-30)29(37)35-28(21-11-3-2-4-12-21)26-16-9-10-18-32-26/h5-10,13-18,20-21,28,33H,2-4,11-12,19H2,1H3,(H,34,36)(H,35,37). The molecule has 7 nitrogen and oxygen atoms in total. The Labute approximate surface area is 222 Å². The average Bonchev–Trinajstić information content (AvgIpc) is 3.55. The Balaban J connectivity index is 1.35. The molecule has 7 heteroatoms. The number of H-pyrrole nitrogens is 1. The van der Waals surface area contributed by atoms with E-state index in [0.717, 1.165) is 40.5 Å². The number of pyridine rings is 1. The minimum atomic E-state index is -1.03. The zero-order valence-electron chi connectivity index (χ0n) is 21.6. The lowest BCUT2D eigenvalue weighted by Gasteiger charge is -2.35. The maximum absolute atomic E-state index is 14.3. The molecule has 3 heterocycles. The zero-order chi connectivity index (χ0) is 26.0. The molecule has 2 atom stereocenters. The smallest absolute Gasteiger partial charge is 0.296 e. The third-order valence-corrected chi connectivity index (χ3v) is 7.81. The first-order chi connectivity index (χ1) is 18.6. The van der Waals surface area contributed by atoms with Crippen LogP contribution in [0.15, 0.2) is 83.5 Å². The molecule has 0 radical (unpaired) electrons. The number of aromatic amines is 1. The van der Waals surface area contributed by atoms with Crippen molar-refractivity contribution < 1.29 is 9.21 Å². The number of benzene rings is 2. The van der Waals surface area contributed by atoms with Crippen LogP contribution < -0.4 is 10.6 Å². The van der Waals surface area contributed by atoms with Crippen molar-refractivity contribution in [1.82, 2.24) is 20.3 Å². The maximum atomic E-state index is 14.3. The second kappa shape index (κ2) is 10.3. The SMILES string of the molecule is CC(Cc1c[nH]c2ccccc12)(Nc1nc2ccccc2o1)C(=O)NC(c1ccccn1)C1CCCCC1. The van der Waals surface area contributed by atoms with Crippen molar-refractivity contribution in [2.75, 3.05) is 5.32 Å². The second-order valence-electron chi connectivity index (χ2n) is 10.6. The molecule has 5 aromatic rings. The van der Waals surface area contributed by atoms with Crippen molar-refractivity contribution in [1.29, 1.82) is 0 Å². The number of para-hydroxylation sites is 3. The number of carbonyl (C=O) groups excluding carboxylic acids is 1. The molecule has 194 valence electrons. The van der Waals surface area contributed by atoms with Crippen molar-refractivity contribution in [2.24, 2.45) is 5.92 Å². The Hall–Kier alpha value is -4.13. The molecule has 2 aromatic carbocycles. The van der Waals surface area contributed by atoms with Crippen LogP contribution in [0.4, 0.5) is 6.01 Å². The summed E-state index contributed by atoms with van der Waals surface area (Å²) in [6.07, 6.45) is 10.0. The molecule has 0 spiro atoms. The molecule has 1 saturated carbocycles. The molecule has 3 aromatic heterocycles. The maximum Gasteiger partial charge on any atom is 0.296 e. The Bertz CT molecular complexity index is 1500. The molecule has 38 heavy (non-hydrogen) atoms. The summed E-state index contributed by atoms with van der Waals surface area (Å²) in [6, 6.07) is 21.9. The molecule has 1 amide bonds. The molecular formula is C31H33N5O2. The van der Waals surface area contributed by atoms with Crippen LogP contribution in [0, 0.1) is 5.92 Å². The van der Waals surface area contributed by atoms with Crippen molar-refractivity contribution >= 4 is 33.9 Å². The first kappa shape index (κ1) is 24.2. The van der Waals surface area contributed by atoms with Crippen LogP contribution in [0.25, 0.3) is 22.0 Å². The van der Waals surface area contributed by atoms with E-state index < -0.39 is 5.54 Å². The van der Waals surface area contributed by atoms with Gasteiger partial charge in [-0.15, -0.1) is 0 Å². The highest BCUT2D eigenvalue weighted by atomic mass is 16.4. The molecule has 1 aliphatic carbocycles. The van der Waals surface area contributed by atoms with Gasteiger partial charge in [0.1, 0.15) is 11.1 Å². The number of carbonyl (C=O) groups is 1. The van der Waals surface area contributed by atoms with Gasteiger partial charge < -0.3 is 20.0 Å². The lowest BCUT2D eigenvalue weighted by molar-refractivity contribution is -0.126. The summed E-state index contributed by atoms with van der Waals surface area (Å²) < 4.78 is 6.00. The Morgan fingerprint density at radius 1 is 1.05 bits per heavy atom. The van der Waals surface area contributed by atoms with Crippen LogP contribution >= 0.6 is 0 Å². The van der Waals surface area contributed by atoms with Gasteiger partial charge in [0.25, 0.3) is 6.01 Å². The quantitative estimate of drug-likeness (QED) is 0.221. The van der Waals surface area contributed by atoms with Crippen molar-refractivity contribution in [3.05, 3.63) is 90.4 Å². The second-order valence-corrected chi connectivity index (χ2v) is 10.6. The van der Waals surface area contributed by atoms with Gasteiger partial charge >= 0.3 is 0 Å². The topological polar surface area (TPSA) is 95.8 Å². The van der Waals surface area contributed by atoms with E-state index in [1.807, 2.05) is 73.8 Å². The molecule has 2 unspecified atom stereocenters. The Kier molecular flexibility index (Phi) is 6.58. The minimum absolute atomic E-state index is 0.105. The van der Waals surface area contributed by atoms with Crippen molar-refractivity contribution in [3.63, 3.8) is 0 Å². The number of aromatic nitrogens is 3. The highest BCUT2D eigenvalue weighted by Gasteiger charge is 2.39. The van der Waals surface area contributed by atoms with Gasteiger partial charge in [-0.2, -0.15) is 4.98 Å². The van der Waals surface area contributed by atoms with Crippen molar-refractivity contribution in [3.8, 4) is 0 Å². The molecule has 0 bridgehead atoms. The lowest BCUT2D eigenvalue weighted by atomic mass is 9.81. The van der Waals surface area contributed by atoms with Crippen molar-refractivity contribution in [2.45, 2.75) is 57.0 Å². The third kappa shape index (κ3) is 4.88. The fraction of sp³-hybridized carbons (Fsp3) is 0.323. The summed E-state index contributed by atoms with van der Waals surface area (Å²) in [5, 5.41) is 7.89. The highest BCUT2D eigenvalue weighted by Crippen LogP contribution is 2.35. The van der Waals surface area contributed by atoms with Crippen LogP contribution in [-0.4, -0.2) is 26.4 Å². The summed E-state index contributed by atoms with van der Waals surface area (Å²) in [4.78, 5) is 26.9. The van der Waals surface area contributed by atoms with E-state index in [2.05, 4.69) is 31.7 Å². The molecule has 1 fully saturated rings. The number of hydrogen-bond donors (Lipinski definition) is 3. The summed E-state index contributed by atoms with van der Waals surface area (Å²) in [6.45, 7) is 1.93. The number of anilines is 1. The van der Waals surface area contributed by atoms with Gasteiger partial charge in [-0.05, 0) is 61.6 Å². The predicted molar refractivity (Wildman–Crippen MR) is 150 cm³/mol. The van der Waals surface area contributed by atoms with Gasteiger partial charge in [0.2, 0.25) is 5.91 Å². The Morgan fingerprint density at radius 2 is 1.84 bits per heavy atom. The van der Waals surface area contributed by atoms with Gasteiger partial charge in [-0.1, -0.05) is 55.7 Å². The predicted octanol–water partition coefficient (Wildman–Crippen LogP) is 6.56.